The average molecular weight is 440 g/mol. The van der Waals surface area contributed by atoms with Crippen molar-refractivity contribution < 1.29 is 18.0 Å². The van der Waals surface area contributed by atoms with Crippen molar-refractivity contribution >= 4 is 39.5 Å². The molecule has 0 bridgehead atoms. The van der Waals surface area contributed by atoms with Crippen molar-refractivity contribution in [1.82, 2.24) is 9.29 Å². The molecule has 1 aliphatic heterocycles. The maximum absolute atomic E-state index is 13.2. The monoisotopic (exact) mass is 439 g/mol. The highest BCUT2D eigenvalue weighted by molar-refractivity contribution is 8.01. The van der Waals surface area contributed by atoms with Crippen LogP contribution in [0, 0.1) is 0 Å². The quantitative estimate of drug-likeness (QED) is 0.709. The molecule has 3 rings (SSSR count). The van der Waals surface area contributed by atoms with Gasteiger partial charge in [0.15, 0.2) is 0 Å². The van der Waals surface area contributed by atoms with E-state index >= 15 is 0 Å². The lowest BCUT2D eigenvalue weighted by Crippen LogP contribution is -2.59. The zero-order chi connectivity index (χ0) is 20.4. The Labute approximate surface area is 173 Å². The van der Waals surface area contributed by atoms with E-state index in [1.165, 1.54) is 27.8 Å². The third kappa shape index (κ3) is 4.36. The zero-order valence-corrected chi connectivity index (χ0v) is 17.9. The average Bonchev–Trinajstić information content (AvgIpc) is 2.68. The van der Waals surface area contributed by atoms with Crippen molar-refractivity contribution in [1.29, 1.82) is 0 Å². The van der Waals surface area contributed by atoms with Crippen LogP contribution in [0.25, 0.3) is 0 Å². The number of aromatic nitrogens is 1. The van der Waals surface area contributed by atoms with Crippen LogP contribution in [0.3, 0.4) is 0 Å². The van der Waals surface area contributed by atoms with Crippen molar-refractivity contribution in [2.45, 2.75) is 39.3 Å². The van der Waals surface area contributed by atoms with Gasteiger partial charge in [0.2, 0.25) is 10.0 Å². The standard InChI is InChI=1S/C18H21N3O4S3/c1-18(2)16(17(22)25-19)21(11-12-26-18)28(23,24)15-5-3-13(4-6-15)27-14-7-9-20-10-8-14/h3-10,16H,11-12,19H2,1-2H3/t16-/m0/s1. The van der Waals surface area contributed by atoms with Gasteiger partial charge in [-0.3, -0.25) is 4.98 Å². The minimum absolute atomic E-state index is 0.129. The van der Waals surface area contributed by atoms with Crippen LogP contribution in [0.2, 0.25) is 0 Å². The molecule has 0 aliphatic carbocycles. The Balaban J connectivity index is 1.87. The molecule has 0 saturated carbocycles. The lowest BCUT2D eigenvalue weighted by molar-refractivity contribution is -0.149. The summed E-state index contributed by atoms with van der Waals surface area (Å²) in [6.07, 6.45) is 3.40. The normalized spacial score (nSPS) is 19.9. The molecule has 1 aliphatic rings. The van der Waals surface area contributed by atoms with Crippen LogP contribution < -0.4 is 5.90 Å². The van der Waals surface area contributed by atoms with E-state index in [0.717, 1.165) is 9.79 Å². The second kappa shape index (κ2) is 8.42. The molecule has 2 N–H and O–H groups in total. The van der Waals surface area contributed by atoms with E-state index in [2.05, 4.69) is 9.82 Å². The summed E-state index contributed by atoms with van der Waals surface area (Å²) in [5.41, 5.74) is 0. The molecule has 1 saturated heterocycles. The van der Waals surface area contributed by atoms with Gasteiger partial charge in [-0.1, -0.05) is 11.8 Å². The molecule has 2 aromatic rings. The molecule has 1 aromatic carbocycles. The molecule has 0 unspecified atom stereocenters. The van der Waals surface area contributed by atoms with Gasteiger partial charge in [0.05, 0.1) is 4.90 Å². The topological polar surface area (TPSA) is 103 Å². The van der Waals surface area contributed by atoms with E-state index in [9.17, 15) is 13.2 Å². The Morgan fingerprint density at radius 3 is 2.43 bits per heavy atom. The molecule has 28 heavy (non-hydrogen) atoms. The number of carbonyl (C=O) groups excluding carboxylic acids is 1. The van der Waals surface area contributed by atoms with Crippen LogP contribution in [-0.4, -0.2) is 46.8 Å². The number of nitrogens with two attached hydrogens (primary N) is 1. The van der Waals surface area contributed by atoms with Crippen molar-refractivity contribution in [3.63, 3.8) is 0 Å². The third-order valence-electron chi connectivity index (χ3n) is 4.39. The highest BCUT2D eigenvalue weighted by Crippen LogP contribution is 2.39. The summed E-state index contributed by atoms with van der Waals surface area (Å²) in [6.45, 7) is 3.84. The van der Waals surface area contributed by atoms with Gasteiger partial charge >= 0.3 is 5.97 Å². The lowest BCUT2D eigenvalue weighted by atomic mass is 10.0. The molecule has 1 fully saturated rings. The molecule has 1 aromatic heterocycles. The molecule has 1 atom stereocenters. The van der Waals surface area contributed by atoms with Crippen LogP contribution in [-0.2, 0) is 19.7 Å². The first-order valence-electron chi connectivity index (χ1n) is 8.50. The van der Waals surface area contributed by atoms with E-state index in [1.807, 2.05) is 26.0 Å². The van der Waals surface area contributed by atoms with E-state index in [1.54, 1.807) is 36.7 Å². The van der Waals surface area contributed by atoms with Gasteiger partial charge in [-0.05, 0) is 50.2 Å². The first-order chi connectivity index (χ1) is 13.3. The summed E-state index contributed by atoms with van der Waals surface area (Å²) in [5.74, 6) is 4.90. The van der Waals surface area contributed by atoms with Gasteiger partial charge in [0.1, 0.15) is 6.04 Å². The molecule has 0 amide bonds. The number of hydrogen-bond acceptors (Lipinski definition) is 8. The molecule has 10 heteroatoms. The van der Waals surface area contributed by atoms with E-state index in [0.29, 0.717) is 5.75 Å². The predicted molar refractivity (Wildman–Crippen MR) is 109 cm³/mol. The van der Waals surface area contributed by atoms with Crippen molar-refractivity contribution in [2.75, 3.05) is 12.3 Å². The Kier molecular flexibility index (Phi) is 6.35. The maximum Gasteiger partial charge on any atom is 0.344 e. The summed E-state index contributed by atoms with van der Waals surface area (Å²) >= 11 is 3.03. The smallest absolute Gasteiger partial charge is 0.344 e. The summed E-state index contributed by atoms with van der Waals surface area (Å²) < 4.78 is 27.0. The second-order valence-corrected chi connectivity index (χ2v) is 11.5. The summed E-state index contributed by atoms with van der Waals surface area (Å²) in [7, 11) is -3.88. The van der Waals surface area contributed by atoms with Gasteiger partial charge in [-0.2, -0.15) is 22.0 Å². The molecule has 2 heterocycles. The molecular formula is C18H21N3O4S3. The SMILES string of the molecule is CC1(C)SCCN(S(=O)(=O)c2ccc(Sc3ccncc3)cc2)[C@H]1C(=O)ON. The Morgan fingerprint density at radius 1 is 1.21 bits per heavy atom. The molecule has 0 radical (unpaired) electrons. The van der Waals surface area contributed by atoms with Crippen LogP contribution in [0.1, 0.15) is 13.8 Å². The lowest BCUT2D eigenvalue weighted by Gasteiger charge is -2.42. The van der Waals surface area contributed by atoms with E-state index in [-0.39, 0.29) is 11.4 Å². The fourth-order valence-electron chi connectivity index (χ4n) is 3.04. The van der Waals surface area contributed by atoms with Crippen molar-refractivity contribution in [3.05, 3.63) is 48.8 Å². The number of benzene rings is 1. The number of hydrogen-bond donors (Lipinski definition) is 1. The Hall–Kier alpha value is -1.59. The molecule has 0 spiro atoms. The number of carbonyl (C=O) groups is 1. The first kappa shape index (κ1) is 21.1. The number of sulfonamides is 1. The third-order valence-corrected chi connectivity index (χ3v) is 8.64. The Bertz CT molecular complexity index is 934. The number of thioether (sulfide) groups is 1. The fraction of sp³-hybridized carbons (Fsp3) is 0.333. The minimum Gasteiger partial charge on any atom is -0.372 e. The summed E-state index contributed by atoms with van der Waals surface area (Å²) in [4.78, 5) is 22.7. The highest BCUT2D eigenvalue weighted by Gasteiger charge is 2.49. The first-order valence-corrected chi connectivity index (χ1v) is 11.7. The largest absolute Gasteiger partial charge is 0.372 e. The molecule has 150 valence electrons. The zero-order valence-electron chi connectivity index (χ0n) is 15.4. The Morgan fingerprint density at radius 2 is 1.82 bits per heavy atom. The summed E-state index contributed by atoms with van der Waals surface area (Å²) in [5, 5.41) is 0. The van der Waals surface area contributed by atoms with Gasteiger partial charge in [-0.25, -0.2) is 13.2 Å². The number of pyridine rings is 1. The summed E-state index contributed by atoms with van der Waals surface area (Å²) in [6, 6.07) is 9.37. The number of nitrogens with zero attached hydrogens (tertiary/aromatic N) is 2. The van der Waals surface area contributed by atoms with Crippen LogP contribution in [0.15, 0.2) is 63.5 Å². The minimum atomic E-state index is -3.88. The number of rotatable bonds is 5. The van der Waals surface area contributed by atoms with Gasteiger partial charge in [0, 0.05) is 39.2 Å². The van der Waals surface area contributed by atoms with Gasteiger partial charge in [0.25, 0.3) is 0 Å². The van der Waals surface area contributed by atoms with Crippen molar-refractivity contribution in [3.8, 4) is 0 Å². The van der Waals surface area contributed by atoms with Crippen LogP contribution >= 0.6 is 23.5 Å². The van der Waals surface area contributed by atoms with Crippen molar-refractivity contribution in [2.24, 2.45) is 5.90 Å². The molecular weight excluding hydrogens is 418 g/mol. The molecule has 7 nitrogen and oxygen atoms in total. The second-order valence-electron chi connectivity index (χ2n) is 6.66. The van der Waals surface area contributed by atoms with Gasteiger partial charge < -0.3 is 4.84 Å². The van der Waals surface area contributed by atoms with Gasteiger partial charge in [-0.15, -0.1) is 0 Å². The van der Waals surface area contributed by atoms with Crippen LogP contribution in [0.4, 0.5) is 0 Å². The highest BCUT2D eigenvalue weighted by atomic mass is 32.2. The van der Waals surface area contributed by atoms with E-state index in [4.69, 9.17) is 5.90 Å². The predicted octanol–water partition coefficient (Wildman–Crippen LogP) is 2.53. The maximum atomic E-state index is 13.2. The van der Waals surface area contributed by atoms with E-state index < -0.39 is 26.8 Å². The van der Waals surface area contributed by atoms with Crippen LogP contribution in [0.5, 0.6) is 0 Å². The fourth-order valence-corrected chi connectivity index (χ4v) is 6.93.